The van der Waals surface area contributed by atoms with Crippen molar-refractivity contribution in [3.05, 3.63) is 33.8 Å². The molecule has 0 aliphatic rings. The Morgan fingerprint density at radius 2 is 2.21 bits per heavy atom. The largest absolute Gasteiger partial charge is 0.506 e. The van der Waals surface area contributed by atoms with Crippen molar-refractivity contribution in [2.75, 3.05) is 6.54 Å². The van der Waals surface area contributed by atoms with Gasteiger partial charge in [-0.05, 0) is 40.0 Å². The molecule has 0 aliphatic carbocycles. The van der Waals surface area contributed by atoms with Gasteiger partial charge in [-0.1, -0.05) is 19.1 Å². The highest BCUT2D eigenvalue weighted by Gasteiger charge is 2.04. The summed E-state index contributed by atoms with van der Waals surface area (Å²) in [6.45, 7) is 2.56. The summed E-state index contributed by atoms with van der Waals surface area (Å²) in [5.74, 6) is 0.270. The van der Waals surface area contributed by atoms with Crippen LogP contribution in [0.4, 0.5) is 0 Å². The lowest BCUT2D eigenvalue weighted by atomic mass is 10.1. The van der Waals surface area contributed by atoms with Crippen molar-refractivity contribution in [3.8, 4) is 5.75 Å². The Hall–Kier alpha value is -0.800. The molecule has 1 aromatic rings. The van der Waals surface area contributed by atoms with E-state index >= 15 is 0 Å². The number of halogens is 1. The second-order valence-electron chi connectivity index (χ2n) is 3.01. The molecular weight excluding hydrogens is 242 g/mol. The maximum absolute atomic E-state index is 9.71. The molecule has 0 spiro atoms. The Labute approximate surface area is 92.6 Å². The predicted molar refractivity (Wildman–Crippen MR) is 63.3 cm³/mol. The number of nitrogens with two attached hydrogens (primary N) is 1. The standard InChI is InChI=1S/C11H14BrNO/c1-2-8-6-9(4-3-5-13)11(14)10(12)7-8/h3-4,6-7,14H,2,5,13H2,1H3/b4-3+. The van der Waals surface area contributed by atoms with E-state index in [4.69, 9.17) is 5.73 Å². The van der Waals surface area contributed by atoms with Crippen LogP contribution in [0.25, 0.3) is 6.08 Å². The number of aryl methyl sites for hydroxylation is 1. The summed E-state index contributed by atoms with van der Waals surface area (Å²) in [5.41, 5.74) is 7.35. The first-order valence-electron chi connectivity index (χ1n) is 4.57. The Morgan fingerprint density at radius 1 is 1.50 bits per heavy atom. The van der Waals surface area contributed by atoms with Gasteiger partial charge in [-0.15, -0.1) is 0 Å². The molecule has 0 amide bonds. The molecule has 3 heteroatoms. The molecule has 0 atom stereocenters. The quantitative estimate of drug-likeness (QED) is 0.873. The maximum Gasteiger partial charge on any atom is 0.136 e. The normalized spacial score (nSPS) is 11.1. The predicted octanol–water partition coefficient (Wildman–Crippen LogP) is 2.69. The number of benzene rings is 1. The van der Waals surface area contributed by atoms with E-state index in [0.717, 1.165) is 16.5 Å². The minimum absolute atomic E-state index is 0.270. The Morgan fingerprint density at radius 3 is 2.79 bits per heavy atom. The molecule has 0 heterocycles. The molecule has 0 bridgehead atoms. The van der Waals surface area contributed by atoms with Crippen molar-refractivity contribution >= 4 is 22.0 Å². The first-order chi connectivity index (χ1) is 6.69. The zero-order valence-electron chi connectivity index (χ0n) is 8.13. The molecule has 0 saturated carbocycles. The van der Waals surface area contributed by atoms with E-state index in [1.807, 2.05) is 24.3 Å². The van der Waals surface area contributed by atoms with Gasteiger partial charge in [0.1, 0.15) is 5.75 Å². The van der Waals surface area contributed by atoms with E-state index in [-0.39, 0.29) is 5.75 Å². The van der Waals surface area contributed by atoms with Crippen LogP contribution in [0.5, 0.6) is 5.75 Å². The van der Waals surface area contributed by atoms with Crippen molar-refractivity contribution in [1.29, 1.82) is 0 Å². The lowest BCUT2D eigenvalue weighted by molar-refractivity contribution is 0.470. The summed E-state index contributed by atoms with van der Waals surface area (Å²) < 4.78 is 0.730. The van der Waals surface area contributed by atoms with Crippen molar-refractivity contribution in [3.63, 3.8) is 0 Å². The van der Waals surface area contributed by atoms with Gasteiger partial charge in [0, 0.05) is 12.1 Å². The molecular formula is C11H14BrNO. The molecule has 0 saturated heterocycles. The number of rotatable bonds is 3. The first-order valence-corrected chi connectivity index (χ1v) is 5.36. The SMILES string of the molecule is CCc1cc(Br)c(O)c(/C=C/CN)c1. The van der Waals surface area contributed by atoms with E-state index in [0.29, 0.717) is 6.54 Å². The molecule has 14 heavy (non-hydrogen) atoms. The summed E-state index contributed by atoms with van der Waals surface area (Å²) in [6, 6.07) is 3.89. The smallest absolute Gasteiger partial charge is 0.136 e. The van der Waals surface area contributed by atoms with Crippen molar-refractivity contribution < 1.29 is 5.11 Å². The lowest BCUT2D eigenvalue weighted by Crippen LogP contribution is -1.92. The van der Waals surface area contributed by atoms with Crippen LogP contribution in [0.3, 0.4) is 0 Å². The summed E-state index contributed by atoms with van der Waals surface area (Å²) in [6.07, 6.45) is 4.60. The molecule has 0 aliphatic heterocycles. The van der Waals surface area contributed by atoms with Gasteiger partial charge in [0.25, 0.3) is 0 Å². The number of hydrogen-bond acceptors (Lipinski definition) is 2. The van der Waals surface area contributed by atoms with Gasteiger partial charge < -0.3 is 10.8 Å². The number of phenols is 1. The molecule has 2 nitrogen and oxygen atoms in total. The van der Waals surface area contributed by atoms with Crippen LogP contribution in [0.2, 0.25) is 0 Å². The fraction of sp³-hybridized carbons (Fsp3) is 0.273. The van der Waals surface area contributed by atoms with Crippen molar-refractivity contribution in [2.45, 2.75) is 13.3 Å². The van der Waals surface area contributed by atoms with Crippen LogP contribution < -0.4 is 5.73 Å². The highest BCUT2D eigenvalue weighted by atomic mass is 79.9. The number of hydrogen-bond donors (Lipinski definition) is 2. The molecule has 76 valence electrons. The summed E-state index contributed by atoms with van der Waals surface area (Å²) in [7, 11) is 0. The van der Waals surface area contributed by atoms with Crippen LogP contribution in [-0.2, 0) is 6.42 Å². The van der Waals surface area contributed by atoms with E-state index in [2.05, 4.69) is 22.9 Å². The number of phenolic OH excluding ortho intramolecular Hbond substituents is 1. The Kier molecular flexibility index (Phi) is 4.17. The lowest BCUT2D eigenvalue weighted by Gasteiger charge is -2.05. The van der Waals surface area contributed by atoms with Crippen LogP contribution in [-0.4, -0.2) is 11.7 Å². The first kappa shape index (κ1) is 11.3. The third-order valence-electron chi connectivity index (χ3n) is 1.99. The second-order valence-corrected chi connectivity index (χ2v) is 3.86. The van der Waals surface area contributed by atoms with Gasteiger partial charge in [0.2, 0.25) is 0 Å². The van der Waals surface area contributed by atoms with Crippen molar-refractivity contribution in [1.82, 2.24) is 0 Å². The van der Waals surface area contributed by atoms with Crippen molar-refractivity contribution in [2.24, 2.45) is 5.73 Å². The van der Waals surface area contributed by atoms with Gasteiger partial charge in [-0.25, -0.2) is 0 Å². The average Bonchev–Trinajstić information content (AvgIpc) is 2.20. The fourth-order valence-electron chi connectivity index (χ4n) is 1.20. The van der Waals surface area contributed by atoms with Gasteiger partial charge in [0.15, 0.2) is 0 Å². The molecule has 3 N–H and O–H groups in total. The second kappa shape index (κ2) is 5.17. The summed E-state index contributed by atoms with van der Waals surface area (Å²) in [5, 5.41) is 9.71. The van der Waals surface area contributed by atoms with Crippen LogP contribution >= 0.6 is 15.9 Å². The van der Waals surface area contributed by atoms with E-state index in [9.17, 15) is 5.11 Å². The highest BCUT2D eigenvalue weighted by molar-refractivity contribution is 9.10. The average molecular weight is 256 g/mol. The monoisotopic (exact) mass is 255 g/mol. The Bertz CT molecular complexity index is 347. The van der Waals surface area contributed by atoms with E-state index in [1.165, 1.54) is 5.56 Å². The minimum Gasteiger partial charge on any atom is -0.506 e. The van der Waals surface area contributed by atoms with Gasteiger partial charge in [0.05, 0.1) is 4.47 Å². The van der Waals surface area contributed by atoms with Crippen LogP contribution in [0.15, 0.2) is 22.7 Å². The van der Waals surface area contributed by atoms with Gasteiger partial charge in [-0.3, -0.25) is 0 Å². The summed E-state index contributed by atoms with van der Waals surface area (Å²) >= 11 is 3.31. The maximum atomic E-state index is 9.71. The van der Waals surface area contributed by atoms with Crippen LogP contribution in [0, 0.1) is 0 Å². The van der Waals surface area contributed by atoms with Gasteiger partial charge >= 0.3 is 0 Å². The van der Waals surface area contributed by atoms with Crippen LogP contribution in [0.1, 0.15) is 18.1 Å². The Balaban J connectivity index is 3.13. The van der Waals surface area contributed by atoms with Gasteiger partial charge in [-0.2, -0.15) is 0 Å². The zero-order valence-corrected chi connectivity index (χ0v) is 9.71. The molecule has 1 aromatic carbocycles. The molecule has 0 radical (unpaired) electrons. The third kappa shape index (κ3) is 2.59. The van der Waals surface area contributed by atoms with E-state index < -0.39 is 0 Å². The molecule has 1 rings (SSSR count). The third-order valence-corrected chi connectivity index (χ3v) is 2.60. The molecule has 0 fully saturated rings. The van der Waals surface area contributed by atoms with E-state index in [1.54, 1.807) is 0 Å². The number of aromatic hydroxyl groups is 1. The zero-order chi connectivity index (χ0) is 10.6. The minimum atomic E-state index is 0.270. The molecule has 0 aromatic heterocycles. The highest BCUT2D eigenvalue weighted by Crippen LogP contribution is 2.30. The fourth-order valence-corrected chi connectivity index (χ4v) is 1.73. The topological polar surface area (TPSA) is 46.2 Å². The summed E-state index contributed by atoms with van der Waals surface area (Å²) in [4.78, 5) is 0. The molecule has 0 unspecified atom stereocenters.